The Hall–Kier alpha value is -1.59. The van der Waals surface area contributed by atoms with Gasteiger partial charge >= 0.3 is 0 Å². The predicted molar refractivity (Wildman–Crippen MR) is 79.7 cm³/mol. The van der Waals surface area contributed by atoms with Gasteiger partial charge in [0, 0.05) is 38.3 Å². The van der Waals surface area contributed by atoms with E-state index in [-0.39, 0.29) is 17.3 Å². The van der Waals surface area contributed by atoms with Crippen LogP contribution >= 0.6 is 0 Å². The molecule has 5 nitrogen and oxygen atoms in total. The van der Waals surface area contributed by atoms with E-state index in [1.54, 1.807) is 6.07 Å². The van der Waals surface area contributed by atoms with Gasteiger partial charge in [-0.05, 0) is 37.0 Å². The Morgan fingerprint density at radius 2 is 1.71 bits per heavy atom. The molecule has 1 aliphatic carbocycles. The summed E-state index contributed by atoms with van der Waals surface area (Å²) < 4.78 is 0. The van der Waals surface area contributed by atoms with Crippen molar-refractivity contribution < 1.29 is 15.0 Å². The topological polar surface area (TPSA) is 64.0 Å². The van der Waals surface area contributed by atoms with Crippen LogP contribution in [0.5, 0.6) is 11.5 Å². The van der Waals surface area contributed by atoms with Crippen LogP contribution in [0.15, 0.2) is 18.2 Å². The van der Waals surface area contributed by atoms with Crippen LogP contribution in [0.25, 0.3) is 0 Å². The molecule has 1 saturated carbocycles. The van der Waals surface area contributed by atoms with Gasteiger partial charge in [0.15, 0.2) is 17.3 Å². The highest BCUT2D eigenvalue weighted by Crippen LogP contribution is 2.30. The molecule has 3 rings (SSSR count). The summed E-state index contributed by atoms with van der Waals surface area (Å²) in [5.74, 6) is 0.467. The van der Waals surface area contributed by atoms with Crippen LogP contribution in [-0.4, -0.2) is 65.1 Å². The van der Waals surface area contributed by atoms with Crippen molar-refractivity contribution in [1.82, 2.24) is 9.80 Å². The van der Waals surface area contributed by atoms with Crippen LogP contribution in [0.1, 0.15) is 23.2 Å². The molecular weight excluding hydrogens is 268 g/mol. The molecule has 2 aliphatic rings. The second-order valence-corrected chi connectivity index (χ2v) is 6.15. The molecule has 114 valence electrons. The molecule has 0 atom stereocenters. The number of carbonyl (C=O) groups is 1. The number of benzene rings is 1. The van der Waals surface area contributed by atoms with E-state index in [0.717, 1.165) is 32.1 Å². The van der Waals surface area contributed by atoms with Gasteiger partial charge in [0.25, 0.3) is 0 Å². The molecule has 0 aromatic heterocycles. The van der Waals surface area contributed by atoms with Gasteiger partial charge < -0.3 is 15.1 Å². The highest BCUT2D eigenvalue weighted by atomic mass is 16.3. The zero-order valence-corrected chi connectivity index (χ0v) is 12.2. The zero-order chi connectivity index (χ0) is 14.8. The minimum absolute atomic E-state index is 0.0130. The van der Waals surface area contributed by atoms with Gasteiger partial charge in [-0.25, -0.2) is 0 Å². The lowest BCUT2D eigenvalue weighted by atomic mass is 10.1. The number of piperazine rings is 1. The number of hydrogen-bond donors (Lipinski definition) is 2. The fourth-order valence-corrected chi connectivity index (χ4v) is 2.79. The fourth-order valence-electron chi connectivity index (χ4n) is 2.79. The molecule has 2 fully saturated rings. The van der Waals surface area contributed by atoms with Crippen molar-refractivity contribution in [1.29, 1.82) is 0 Å². The van der Waals surface area contributed by atoms with Gasteiger partial charge in [-0.3, -0.25) is 9.69 Å². The summed E-state index contributed by atoms with van der Waals surface area (Å²) in [5.41, 5.74) is 0.450. The Bertz CT molecular complexity index is 520. The maximum atomic E-state index is 12.2. The van der Waals surface area contributed by atoms with Gasteiger partial charge in [0.2, 0.25) is 0 Å². The Labute approximate surface area is 124 Å². The third kappa shape index (κ3) is 3.74. The summed E-state index contributed by atoms with van der Waals surface area (Å²) in [7, 11) is 0. The monoisotopic (exact) mass is 290 g/mol. The molecule has 0 radical (unpaired) electrons. The molecule has 0 bridgehead atoms. The number of rotatable bonds is 5. The van der Waals surface area contributed by atoms with Gasteiger partial charge in [0.1, 0.15) is 0 Å². The quantitative estimate of drug-likeness (QED) is 0.632. The van der Waals surface area contributed by atoms with Crippen LogP contribution in [-0.2, 0) is 0 Å². The first-order valence-electron chi connectivity index (χ1n) is 7.62. The number of hydrogen-bond acceptors (Lipinski definition) is 5. The zero-order valence-electron chi connectivity index (χ0n) is 12.2. The lowest BCUT2D eigenvalue weighted by Crippen LogP contribution is -2.48. The van der Waals surface area contributed by atoms with Crippen molar-refractivity contribution in [2.45, 2.75) is 12.8 Å². The molecule has 2 N–H and O–H groups in total. The van der Waals surface area contributed by atoms with Crippen molar-refractivity contribution in [2.24, 2.45) is 5.92 Å². The van der Waals surface area contributed by atoms with Gasteiger partial charge in [-0.15, -0.1) is 0 Å². The van der Waals surface area contributed by atoms with E-state index < -0.39 is 0 Å². The van der Waals surface area contributed by atoms with Crippen molar-refractivity contribution in [3.63, 3.8) is 0 Å². The molecule has 1 aromatic carbocycles. The number of nitrogens with zero attached hydrogens (tertiary/aromatic N) is 2. The van der Waals surface area contributed by atoms with Gasteiger partial charge in [-0.2, -0.15) is 0 Å². The van der Waals surface area contributed by atoms with Crippen LogP contribution in [0.2, 0.25) is 0 Å². The molecule has 1 heterocycles. The highest BCUT2D eigenvalue weighted by molar-refractivity contribution is 5.98. The van der Waals surface area contributed by atoms with Crippen LogP contribution < -0.4 is 0 Å². The standard InChI is InChI=1S/C16H22N2O3/c19-14-4-3-13(9-15(14)20)16(21)11-18-7-5-17(6-8-18)10-12-1-2-12/h3-4,9,12,19-20H,1-2,5-8,10-11H2. The average Bonchev–Trinajstić information content (AvgIpc) is 3.28. The number of Topliss-reactive ketones (excluding diaryl/α,β-unsaturated/α-hetero) is 1. The van der Waals surface area contributed by atoms with E-state index in [4.69, 9.17) is 0 Å². The SMILES string of the molecule is O=C(CN1CCN(CC2CC2)CC1)c1ccc(O)c(O)c1. The Balaban J connectivity index is 1.49. The second kappa shape index (κ2) is 6.03. The van der Waals surface area contributed by atoms with Crippen molar-refractivity contribution in [3.05, 3.63) is 23.8 Å². The molecule has 1 saturated heterocycles. The Morgan fingerprint density at radius 1 is 1.05 bits per heavy atom. The summed E-state index contributed by atoms with van der Waals surface area (Å²) in [4.78, 5) is 16.9. The number of phenols is 2. The van der Waals surface area contributed by atoms with E-state index >= 15 is 0 Å². The molecule has 0 spiro atoms. The van der Waals surface area contributed by atoms with Crippen LogP contribution in [0.3, 0.4) is 0 Å². The van der Waals surface area contributed by atoms with E-state index in [2.05, 4.69) is 9.80 Å². The van der Waals surface area contributed by atoms with Gasteiger partial charge in [0.05, 0.1) is 6.54 Å². The molecule has 5 heteroatoms. The average molecular weight is 290 g/mol. The lowest BCUT2D eigenvalue weighted by Gasteiger charge is -2.34. The first-order chi connectivity index (χ1) is 10.1. The number of phenolic OH excluding ortho intramolecular Hbond substituents is 2. The molecule has 21 heavy (non-hydrogen) atoms. The molecule has 0 unspecified atom stereocenters. The van der Waals surface area contributed by atoms with Crippen LogP contribution in [0, 0.1) is 5.92 Å². The molecule has 0 amide bonds. The Kier molecular flexibility index (Phi) is 4.12. The predicted octanol–water partition coefficient (Wildman–Crippen LogP) is 1.31. The summed E-state index contributed by atoms with van der Waals surface area (Å²) >= 11 is 0. The highest BCUT2D eigenvalue weighted by Gasteiger charge is 2.26. The third-order valence-electron chi connectivity index (χ3n) is 4.34. The van der Waals surface area contributed by atoms with Crippen molar-refractivity contribution in [2.75, 3.05) is 39.3 Å². The molecular formula is C16H22N2O3. The summed E-state index contributed by atoms with van der Waals surface area (Å²) in [6.45, 7) is 5.50. The summed E-state index contributed by atoms with van der Waals surface area (Å²) in [5, 5.41) is 18.7. The fraction of sp³-hybridized carbons (Fsp3) is 0.562. The number of carbonyl (C=O) groups excluding carboxylic acids is 1. The third-order valence-corrected chi connectivity index (χ3v) is 4.34. The number of aromatic hydroxyl groups is 2. The molecule has 1 aliphatic heterocycles. The first-order valence-corrected chi connectivity index (χ1v) is 7.62. The van der Waals surface area contributed by atoms with Crippen molar-refractivity contribution >= 4 is 5.78 Å². The van der Waals surface area contributed by atoms with Crippen LogP contribution in [0.4, 0.5) is 0 Å². The summed E-state index contributed by atoms with van der Waals surface area (Å²) in [6, 6.07) is 4.25. The maximum absolute atomic E-state index is 12.2. The minimum Gasteiger partial charge on any atom is -0.504 e. The van der Waals surface area contributed by atoms with Gasteiger partial charge in [-0.1, -0.05) is 0 Å². The van der Waals surface area contributed by atoms with E-state index in [1.165, 1.54) is 31.5 Å². The summed E-state index contributed by atoms with van der Waals surface area (Å²) in [6.07, 6.45) is 2.76. The smallest absolute Gasteiger partial charge is 0.176 e. The number of ketones is 1. The minimum atomic E-state index is -0.241. The normalized spacial score (nSPS) is 20.6. The maximum Gasteiger partial charge on any atom is 0.176 e. The molecule has 1 aromatic rings. The first kappa shape index (κ1) is 14.4. The van der Waals surface area contributed by atoms with E-state index in [1.807, 2.05) is 0 Å². The Morgan fingerprint density at radius 3 is 2.33 bits per heavy atom. The second-order valence-electron chi connectivity index (χ2n) is 6.15. The lowest BCUT2D eigenvalue weighted by molar-refractivity contribution is 0.0846. The van der Waals surface area contributed by atoms with E-state index in [0.29, 0.717) is 12.1 Å². The van der Waals surface area contributed by atoms with E-state index in [9.17, 15) is 15.0 Å². The van der Waals surface area contributed by atoms with Crippen molar-refractivity contribution in [3.8, 4) is 11.5 Å². The largest absolute Gasteiger partial charge is 0.504 e.